The van der Waals surface area contributed by atoms with Crippen molar-refractivity contribution in [1.82, 2.24) is 14.6 Å². The molecule has 0 saturated heterocycles. The summed E-state index contributed by atoms with van der Waals surface area (Å²) in [6, 6.07) is 9.88. The van der Waals surface area contributed by atoms with Gasteiger partial charge in [0.25, 0.3) is 0 Å². The second-order valence-electron chi connectivity index (χ2n) is 3.26. The van der Waals surface area contributed by atoms with Gasteiger partial charge in [0.15, 0.2) is 5.65 Å². The van der Waals surface area contributed by atoms with Crippen LogP contribution in [0, 0.1) is 11.3 Å². The topological polar surface area (TPSA) is 54.0 Å². The molecule has 0 atom stereocenters. The molecular weight excluding hydrogens is 188 g/mol. The van der Waals surface area contributed by atoms with E-state index >= 15 is 0 Å². The van der Waals surface area contributed by atoms with Crippen LogP contribution in [0.2, 0.25) is 0 Å². The van der Waals surface area contributed by atoms with Crippen LogP contribution in [0.4, 0.5) is 0 Å². The third-order valence-electron chi connectivity index (χ3n) is 2.42. The van der Waals surface area contributed by atoms with Crippen LogP contribution in [0.25, 0.3) is 16.4 Å². The van der Waals surface area contributed by atoms with E-state index in [0.29, 0.717) is 5.56 Å². The van der Waals surface area contributed by atoms with Gasteiger partial charge in [0.2, 0.25) is 0 Å². The summed E-state index contributed by atoms with van der Waals surface area (Å²) in [6.07, 6.45) is 3.35. The van der Waals surface area contributed by atoms with Gasteiger partial charge in [-0.05, 0) is 0 Å². The molecule has 3 rings (SSSR count). The average Bonchev–Trinajstić information content (AvgIpc) is 2.76. The van der Waals surface area contributed by atoms with Crippen LogP contribution in [0.3, 0.4) is 0 Å². The van der Waals surface area contributed by atoms with E-state index in [0.717, 1.165) is 16.4 Å². The van der Waals surface area contributed by atoms with Crippen molar-refractivity contribution in [3.05, 3.63) is 42.4 Å². The fourth-order valence-corrected chi connectivity index (χ4v) is 1.74. The second-order valence-corrected chi connectivity index (χ2v) is 3.26. The van der Waals surface area contributed by atoms with Gasteiger partial charge in [0.1, 0.15) is 12.4 Å². The summed E-state index contributed by atoms with van der Waals surface area (Å²) < 4.78 is 1.76. The molecule has 0 fully saturated rings. The summed E-state index contributed by atoms with van der Waals surface area (Å²) in [5.41, 5.74) is 1.42. The Morgan fingerprint density at radius 1 is 1.20 bits per heavy atom. The Hall–Kier alpha value is -2.41. The Morgan fingerprint density at radius 2 is 2.00 bits per heavy atom. The molecule has 0 bridgehead atoms. The molecule has 0 radical (unpaired) electrons. The lowest BCUT2D eigenvalue weighted by atomic mass is 10.1. The molecule has 15 heavy (non-hydrogen) atoms. The number of pyridine rings is 1. The summed E-state index contributed by atoms with van der Waals surface area (Å²) >= 11 is 0. The highest BCUT2D eigenvalue weighted by atomic mass is 15.2. The number of fused-ring (bicyclic) bond motifs is 3. The molecule has 0 unspecified atom stereocenters. The van der Waals surface area contributed by atoms with Crippen molar-refractivity contribution in [3.63, 3.8) is 0 Å². The maximum absolute atomic E-state index is 9.03. The standard InChI is InChI=1S/C11H6N4/c12-5-8-6-15-7-13-14-11(15)10-4-2-1-3-9(8)10/h1-4,6-7H. The molecule has 0 amide bonds. The zero-order valence-corrected chi connectivity index (χ0v) is 7.75. The largest absolute Gasteiger partial charge is 0.287 e. The Morgan fingerprint density at radius 3 is 2.80 bits per heavy atom. The molecule has 0 N–H and O–H groups in total. The van der Waals surface area contributed by atoms with Crippen molar-refractivity contribution in [3.8, 4) is 6.07 Å². The van der Waals surface area contributed by atoms with Crippen LogP contribution in [0.15, 0.2) is 36.8 Å². The van der Waals surface area contributed by atoms with E-state index in [4.69, 9.17) is 5.26 Å². The van der Waals surface area contributed by atoms with Crippen LogP contribution in [-0.2, 0) is 0 Å². The van der Waals surface area contributed by atoms with E-state index in [-0.39, 0.29) is 0 Å². The van der Waals surface area contributed by atoms with Gasteiger partial charge in [0.05, 0.1) is 5.56 Å². The maximum Gasteiger partial charge on any atom is 0.168 e. The van der Waals surface area contributed by atoms with E-state index in [2.05, 4.69) is 16.3 Å². The van der Waals surface area contributed by atoms with Gasteiger partial charge in [-0.15, -0.1) is 10.2 Å². The molecule has 1 aromatic carbocycles. The quantitative estimate of drug-likeness (QED) is 0.547. The van der Waals surface area contributed by atoms with Crippen LogP contribution >= 0.6 is 0 Å². The lowest BCUT2D eigenvalue weighted by molar-refractivity contribution is 1.10. The van der Waals surface area contributed by atoms with Gasteiger partial charge < -0.3 is 0 Å². The number of hydrogen-bond acceptors (Lipinski definition) is 3. The first kappa shape index (κ1) is 7.94. The fraction of sp³-hybridized carbons (Fsp3) is 0. The molecule has 2 heterocycles. The fourth-order valence-electron chi connectivity index (χ4n) is 1.74. The van der Waals surface area contributed by atoms with E-state index in [1.807, 2.05) is 24.3 Å². The zero-order valence-electron chi connectivity index (χ0n) is 7.75. The number of hydrogen-bond donors (Lipinski definition) is 0. The molecule has 0 aliphatic carbocycles. The van der Waals surface area contributed by atoms with Crippen molar-refractivity contribution in [1.29, 1.82) is 5.26 Å². The number of aromatic nitrogens is 3. The smallest absolute Gasteiger partial charge is 0.168 e. The second kappa shape index (κ2) is 2.79. The van der Waals surface area contributed by atoms with Gasteiger partial charge in [-0.2, -0.15) is 5.26 Å². The molecule has 0 saturated carbocycles. The first-order valence-corrected chi connectivity index (χ1v) is 4.51. The predicted octanol–water partition coefficient (Wildman–Crippen LogP) is 1.75. The minimum atomic E-state index is 0.637. The highest BCUT2D eigenvalue weighted by Gasteiger charge is 2.06. The molecule has 2 aromatic heterocycles. The van der Waals surface area contributed by atoms with Crippen LogP contribution in [0.5, 0.6) is 0 Å². The van der Waals surface area contributed by atoms with Gasteiger partial charge in [-0.25, -0.2) is 0 Å². The Bertz CT molecular complexity index is 690. The summed E-state index contributed by atoms with van der Waals surface area (Å²) in [6.45, 7) is 0. The van der Waals surface area contributed by atoms with Crippen molar-refractivity contribution < 1.29 is 0 Å². The minimum absolute atomic E-state index is 0.637. The average molecular weight is 194 g/mol. The minimum Gasteiger partial charge on any atom is -0.287 e. The van der Waals surface area contributed by atoms with Gasteiger partial charge >= 0.3 is 0 Å². The van der Waals surface area contributed by atoms with Gasteiger partial charge in [-0.1, -0.05) is 24.3 Å². The van der Waals surface area contributed by atoms with E-state index in [1.54, 1.807) is 16.9 Å². The molecule has 70 valence electrons. The number of nitrogens with zero attached hydrogens (tertiary/aromatic N) is 4. The number of nitriles is 1. The van der Waals surface area contributed by atoms with Crippen molar-refractivity contribution in [2.75, 3.05) is 0 Å². The Kier molecular flexibility index (Phi) is 1.48. The summed E-state index contributed by atoms with van der Waals surface area (Å²) in [5, 5.41) is 18.8. The molecule has 4 nitrogen and oxygen atoms in total. The molecule has 0 spiro atoms. The lowest BCUT2D eigenvalue weighted by Gasteiger charge is -2.01. The maximum atomic E-state index is 9.03. The molecule has 0 aliphatic heterocycles. The van der Waals surface area contributed by atoms with Crippen molar-refractivity contribution in [2.45, 2.75) is 0 Å². The summed E-state index contributed by atoms with van der Waals surface area (Å²) in [5.74, 6) is 0. The number of rotatable bonds is 0. The number of benzene rings is 1. The van der Waals surface area contributed by atoms with Gasteiger partial charge in [0, 0.05) is 17.0 Å². The third kappa shape index (κ3) is 1.00. The summed E-state index contributed by atoms with van der Waals surface area (Å²) in [4.78, 5) is 0. The van der Waals surface area contributed by atoms with Crippen LogP contribution < -0.4 is 0 Å². The first-order chi connectivity index (χ1) is 7.40. The van der Waals surface area contributed by atoms with Crippen LogP contribution in [0.1, 0.15) is 5.56 Å². The normalized spacial score (nSPS) is 10.6. The predicted molar refractivity (Wildman–Crippen MR) is 55.2 cm³/mol. The van der Waals surface area contributed by atoms with Crippen molar-refractivity contribution >= 4 is 16.4 Å². The lowest BCUT2D eigenvalue weighted by Crippen LogP contribution is -1.89. The van der Waals surface area contributed by atoms with Gasteiger partial charge in [-0.3, -0.25) is 4.40 Å². The van der Waals surface area contributed by atoms with Crippen molar-refractivity contribution in [2.24, 2.45) is 0 Å². The summed E-state index contributed by atoms with van der Waals surface area (Å²) in [7, 11) is 0. The monoisotopic (exact) mass is 194 g/mol. The van der Waals surface area contributed by atoms with E-state index < -0.39 is 0 Å². The zero-order chi connectivity index (χ0) is 10.3. The Labute approximate surface area is 85.4 Å². The van der Waals surface area contributed by atoms with E-state index in [9.17, 15) is 0 Å². The molecule has 0 aliphatic rings. The SMILES string of the molecule is N#Cc1cn2cnnc2c2ccccc12. The Balaban J connectivity index is 2.66. The van der Waals surface area contributed by atoms with E-state index in [1.165, 1.54) is 0 Å². The molecule has 4 heteroatoms. The molecule has 3 aromatic rings. The highest BCUT2D eigenvalue weighted by Crippen LogP contribution is 2.21. The third-order valence-corrected chi connectivity index (χ3v) is 2.42. The first-order valence-electron chi connectivity index (χ1n) is 4.51. The highest BCUT2D eigenvalue weighted by molar-refractivity contribution is 5.97. The molecular formula is C11H6N4. The van der Waals surface area contributed by atoms with Crippen LogP contribution in [-0.4, -0.2) is 14.6 Å².